The van der Waals surface area contributed by atoms with Crippen LogP contribution in [0.2, 0.25) is 0 Å². The van der Waals surface area contributed by atoms with E-state index in [0.717, 1.165) is 10.5 Å². The first-order chi connectivity index (χ1) is 8.75. The summed E-state index contributed by atoms with van der Waals surface area (Å²) >= 11 is 1.77. The normalized spacial score (nSPS) is 11.3. The fraction of sp³-hybridized carbons (Fsp3) is 0.188. The Morgan fingerprint density at radius 3 is 2.44 bits per heavy atom. The predicted octanol–water partition coefficient (Wildman–Crippen LogP) is 5.09. The van der Waals surface area contributed by atoms with Gasteiger partial charge in [-0.15, -0.1) is 11.3 Å². The summed E-state index contributed by atoms with van der Waals surface area (Å²) in [6, 6.07) is 16.9. The molecule has 0 bridgehead atoms. The molecular formula is C16H15NS. The number of hydrogen-bond donors (Lipinski definition) is 0. The minimum atomic E-state index is 0.521. The van der Waals surface area contributed by atoms with Crippen molar-refractivity contribution in [3.8, 4) is 10.6 Å². The Bertz CT molecular complexity index is 649. The minimum Gasteiger partial charge on any atom is -0.236 e. The van der Waals surface area contributed by atoms with Crippen molar-refractivity contribution in [2.45, 2.75) is 19.8 Å². The fourth-order valence-corrected chi connectivity index (χ4v) is 3.20. The van der Waals surface area contributed by atoms with E-state index in [4.69, 9.17) is 4.98 Å². The summed E-state index contributed by atoms with van der Waals surface area (Å²) in [5.74, 6) is 0.521. The SMILES string of the molecule is CC(C)c1ccccc1-c1nc2ccccc2s1. The van der Waals surface area contributed by atoms with Gasteiger partial charge in [0.15, 0.2) is 0 Å². The Balaban J connectivity index is 2.20. The van der Waals surface area contributed by atoms with Gasteiger partial charge in [0.25, 0.3) is 0 Å². The summed E-state index contributed by atoms with van der Waals surface area (Å²) in [5, 5.41) is 1.13. The third-order valence-electron chi connectivity index (χ3n) is 3.11. The Morgan fingerprint density at radius 2 is 1.67 bits per heavy atom. The number of benzene rings is 2. The Labute approximate surface area is 111 Å². The molecule has 1 heterocycles. The lowest BCUT2D eigenvalue weighted by molar-refractivity contribution is 0.869. The molecule has 18 heavy (non-hydrogen) atoms. The number of rotatable bonds is 2. The molecule has 0 radical (unpaired) electrons. The van der Waals surface area contributed by atoms with Crippen LogP contribution >= 0.6 is 11.3 Å². The number of nitrogens with zero attached hydrogens (tertiary/aromatic N) is 1. The van der Waals surface area contributed by atoms with Crippen molar-refractivity contribution in [2.24, 2.45) is 0 Å². The second-order valence-electron chi connectivity index (χ2n) is 4.73. The van der Waals surface area contributed by atoms with Crippen molar-refractivity contribution in [1.29, 1.82) is 0 Å². The maximum absolute atomic E-state index is 4.74. The Hall–Kier alpha value is -1.67. The van der Waals surface area contributed by atoms with Crippen LogP contribution in [0.4, 0.5) is 0 Å². The Kier molecular flexibility index (Phi) is 2.88. The molecule has 0 atom stereocenters. The van der Waals surface area contributed by atoms with Crippen LogP contribution in [0, 0.1) is 0 Å². The maximum Gasteiger partial charge on any atom is 0.124 e. The third kappa shape index (κ3) is 1.93. The highest BCUT2D eigenvalue weighted by Crippen LogP contribution is 2.34. The molecule has 3 rings (SSSR count). The van der Waals surface area contributed by atoms with Crippen molar-refractivity contribution in [3.05, 3.63) is 54.1 Å². The van der Waals surface area contributed by atoms with Crippen LogP contribution in [0.1, 0.15) is 25.3 Å². The lowest BCUT2D eigenvalue weighted by Crippen LogP contribution is -1.91. The molecule has 2 aromatic carbocycles. The van der Waals surface area contributed by atoms with Crippen molar-refractivity contribution >= 4 is 21.6 Å². The minimum absolute atomic E-state index is 0.521. The van der Waals surface area contributed by atoms with Gasteiger partial charge in [0.1, 0.15) is 5.01 Å². The Morgan fingerprint density at radius 1 is 0.944 bits per heavy atom. The number of aromatic nitrogens is 1. The summed E-state index contributed by atoms with van der Waals surface area (Å²) < 4.78 is 1.26. The van der Waals surface area contributed by atoms with E-state index < -0.39 is 0 Å². The average molecular weight is 253 g/mol. The van der Waals surface area contributed by atoms with Crippen molar-refractivity contribution in [3.63, 3.8) is 0 Å². The molecule has 0 aliphatic rings. The lowest BCUT2D eigenvalue weighted by atomic mass is 9.98. The molecule has 0 saturated heterocycles. The van der Waals surface area contributed by atoms with E-state index in [0.29, 0.717) is 5.92 Å². The van der Waals surface area contributed by atoms with E-state index in [2.05, 4.69) is 56.3 Å². The van der Waals surface area contributed by atoms with E-state index in [9.17, 15) is 0 Å². The van der Waals surface area contributed by atoms with Gasteiger partial charge in [-0.05, 0) is 23.6 Å². The molecule has 2 heteroatoms. The van der Waals surface area contributed by atoms with Gasteiger partial charge in [0.2, 0.25) is 0 Å². The molecule has 0 amide bonds. The second kappa shape index (κ2) is 4.54. The molecule has 0 saturated carbocycles. The number of hydrogen-bond acceptors (Lipinski definition) is 2. The standard InChI is InChI=1S/C16H15NS/c1-11(2)12-7-3-4-8-13(12)16-17-14-9-5-6-10-15(14)18-16/h3-11H,1-2H3. The van der Waals surface area contributed by atoms with Crippen molar-refractivity contribution in [1.82, 2.24) is 4.98 Å². The van der Waals surface area contributed by atoms with Gasteiger partial charge < -0.3 is 0 Å². The molecule has 0 spiro atoms. The molecular weight excluding hydrogens is 238 g/mol. The van der Waals surface area contributed by atoms with Crippen LogP contribution in [0.3, 0.4) is 0 Å². The topological polar surface area (TPSA) is 12.9 Å². The summed E-state index contributed by atoms with van der Waals surface area (Å²) in [5.41, 5.74) is 3.74. The zero-order valence-electron chi connectivity index (χ0n) is 10.6. The first-order valence-corrected chi connectivity index (χ1v) is 7.02. The molecule has 1 nitrogen and oxygen atoms in total. The second-order valence-corrected chi connectivity index (χ2v) is 5.76. The highest BCUT2D eigenvalue weighted by Gasteiger charge is 2.11. The number of para-hydroxylation sites is 1. The molecule has 90 valence electrons. The van der Waals surface area contributed by atoms with Crippen molar-refractivity contribution in [2.75, 3.05) is 0 Å². The average Bonchev–Trinajstić information content (AvgIpc) is 2.82. The van der Waals surface area contributed by atoms with Crippen LogP contribution in [-0.4, -0.2) is 4.98 Å². The monoisotopic (exact) mass is 253 g/mol. The van der Waals surface area contributed by atoms with Crippen LogP contribution in [0.5, 0.6) is 0 Å². The summed E-state index contributed by atoms with van der Waals surface area (Å²) in [7, 11) is 0. The molecule has 0 fully saturated rings. The van der Waals surface area contributed by atoms with Crippen LogP contribution < -0.4 is 0 Å². The van der Waals surface area contributed by atoms with Gasteiger partial charge in [-0.25, -0.2) is 4.98 Å². The fourth-order valence-electron chi connectivity index (χ4n) is 2.18. The zero-order chi connectivity index (χ0) is 12.5. The highest BCUT2D eigenvalue weighted by atomic mass is 32.1. The molecule has 0 aliphatic heterocycles. The van der Waals surface area contributed by atoms with E-state index in [1.165, 1.54) is 15.8 Å². The van der Waals surface area contributed by atoms with Crippen LogP contribution in [0.25, 0.3) is 20.8 Å². The van der Waals surface area contributed by atoms with E-state index in [1.807, 2.05) is 6.07 Å². The zero-order valence-corrected chi connectivity index (χ0v) is 11.4. The first kappa shape index (κ1) is 11.4. The third-order valence-corrected chi connectivity index (χ3v) is 4.18. The lowest BCUT2D eigenvalue weighted by Gasteiger charge is -2.09. The first-order valence-electron chi connectivity index (χ1n) is 6.20. The molecule has 0 N–H and O–H groups in total. The summed E-state index contributed by atoms with van der Waals surface area (Å²) in [6.07, 6.45) is 0. The van der Waals surface area contributed by atoms with Gasteiger partial charge in [-0.3, -0.25) is 0 Å². The van der Waals surface area contributed by atoms with E-state index >= 15 is 0 Å². The van der Waals surface area contributed by atoms with Gasteiger partial charge in [0, 0.05) is 5.56 Å². The molecule has 0 aliphatic carbocycles. The highest BCUT2D eigenvalue weighted by molar-refractivity contribution is 7.21. The van der Waals surface area contributed by atoms with Gasteiger partial charge in [-0.2, -0.15) is 0 Å². The van der Waals surface area contributed by atoms with Gasteiger partial charge in [0.05, 0.1) is 10.2 Å². The van der Waals surface area contributed by atoms with Crippen molar-refractivity contribution < 1.29 is 0 Å². The van der Waals surface area contributed by atoms with Gasteiger partial charge >= 0.3 is 0 Å². The maximum atomic E-state index is 4.74. The quantitative estimate of drug-likeness (QED) is 0.620. The molecule has 3 aromatic rings. The molecule has 1 aromatic heterocycles. The van der Waals surface area contributed by atoms with Crippen LogP contribution in [-0.2, 0) is 0 Å². The van der Waals surface area contributed by atoms with Gasteiger partial charge in [-0.1, -0.05) is 50.2 Å². The summed E-state index contributed by atoms with van der Waals surface area (Å²) in [4.78, 5) is 4.74. The smallest absolute Gasteiger partial charge is 0.124 e. The van der Waals surface area contributed by atoms with E-state index in [-0.39, 0.29) is 0 Å². The largest absolute Gasteiger partial charge is 0.236 e. The number of thiazole rings is 1. The van der Waals surface area contributed by atoms with E-state index in [1.54, 1.807) is 11.3 Å². The number of fused-ring (bicyclic) bond motifs is 1. The molecule has 0 unspecified atom stereocenters. The predicted molar refractivity (Wildman–Crippen MR) is 79.1 cm³/mol. The summed E-state index contributed by atoms with van der Waals surface area (Å²) in [6.45, 7) is 4.46. The van der Waals surface area contributed by atoms with Crippen LogP contribution in [0.15, 0.2) is 48.5 Å².